The molecule has 2 aromatic carbocycles. The van der Waals surface area contributed by atoms with Crippen LogP contribution in [0.25, 0.3) is 16.6 Å². The van der Waals surface area contributed by atoms with Crippen molar-refractivity contribution in [2.45, 2.75) is 31.9 Å². The van der Waals surface area contributed by atoms with Gasteiger partial charge in [-0.25, -0.2) is 9.67 Å². The number of nitrogens with one attached hydrogen (secondary N) is 1. The Balaban J connectivity index is 1.65. The Hall–Kier alpha value is -4.34. The number of methoxy groups -OCH3 is 1. The van der Waals surface area contributed by atoms with Crippen molar-refractivity contribution in [1.82, 2.24) is 20.1 Å². The number of aldehydes is 1. The zero-order valence-corrected chi connectivity index (χ0v) is 19.8. The fourth-order valence-electron chi connectivity index (χ4n) is 3.72. The van der Waals surface area contributed by atoms with Gasteiger partial charge in [0.25, 0.3) is 5.91 Å². The van der Waals surface area contributed by atoms with E-state index in [4.69, 9.17) is 9.47 Å². The molecule has 1 unspecified atom stereocenters. The van der Waals surface area contributed by atoms with Gasteiger partial charge in [0.15, 0.2) is 0 Å². The van der Waals surface area contributed by atoms with Crippen LogP contribution in [-0.4, -0.2) is 46.0 Å². The summed E-state index contributed by atoms with van der Waals surface area (Å²) in [6, 6.07) is 14.8. The quantitative estimate of drug-likeness (QED) is 0.344. The van der Waals surface area contributed by atoms with Crippen LogP contribution in [0.5, 0.6) is 11.6 Å². The van der Waals surface area contributed by atoms with Crippen molar-refractivity contribution >= 4 is 23.1 Å². The summed E-state index contributed by atoms with van der Waals surface area (Å²) in [4.78, 5) is 27.2. The average molecular weight is 494 g/mol. The van der Waals surface area contributed by atoms with Crippen molar-refractivity contribution in [3.05, 3.63) is 78.1 Å². The summed E-state index contributed by atoms with van der Waals surface area (Å²) in [6.45, 7) is 2.12. The van der Waals surface area contributed by atoms with Gasteiger partial charge >= 0.3 is 5.92 Å². The predicted octanol–water partition coefficient (Wildman–Crippen LogP) is 4.52. The van der Waals surface area contributed by atoms with Gasteiger partial charge in [0.1, 0.15) is 18.1 Å². The molecule has 2 heterocycles. The van der Waals surface area contributed by atoms with E-state index in [0.29, 0.717) is 29.7 Å². The fraction of sp³-hybridized carbons (Fsp3) is 0.231. The van der Waals surface area contributed by atoms with E-state index in [2.05, 4.69) is 15.4 Å². The molecule has 0 radical (unpaired) electrons. The number of benzene rings is 2. The Morgan fingerprint density at radius 3 is 2.61 bits per heavy atom. The van der Waals surface area contributed by atoms with Crippen LogP contribution in [0, 0.1) is 0 Å². The van der Waals surface area contributed by atoms with Gasteiger partial charge in [0.05, 0.1) is 30.6 Å². The molecule has 0 fully saturated rings. The lowest BCUT2D eigenvalue weighted by Crippen LogP contribution is -2.46. The van der Waals surface area contributed by atoms with Gasteiger partial charge in [-0.2, -0.15) is 13.9 Å². The maximum absolute atomic E-state index is 13.5. The molecule has 0 saturated heterocycles. The number of rotatable bonds is 9. The number of hydrogen-bond donors (Lipinski definition) is 1. The van der Waals surface area contributed by atoms with Crippen LogP contribution in [0.3, 0.4) is 0 Å². The molecule has 186 valence electrons. The second-order valence-electron chi connectivity index (χ2n) is 8.31. The summed E-state index contributed by atoms with van der Waals surface area (Å²) < 4.78 is 40.0. The van der Waals surface area contributed by atoms with E-state index in [1.807, 2.05) is 6.07 Å². The third-order valence-electron chi connectivity index (χ3n) is 5.56. The third kappa shape index (κ3) is 5.32. The molecule has 8 nitrogen and oxygen atoms in total. The number of nitrogens with zero attached hydrogens (tertiary/aromatic N) is 3. The maximum atomic E-state index is 13.5. The highest BCUT2D eigenvalue weighted by atomic mass is 19.3. The van der Waals surface area contributed by atoms with Crippen molar-refractivity contribution in [2.75, 3.05) is 7.11 Å². The van der Waals surface area contributed by atoms with Crippen LogP contribution in [-0.2, 0) is 4.79 Å². The second kappa shape index (κ2) is 10.1. The highest BCUT2D eigenvalue weighted by Crippen LogP contribution is 2.29. The first kappa shape index (κ1) is 24.8. The van der Waals surface area contributed by atoms with E-state index < -0.39 is 24.0 Å². The van der Waals surface area contributed by atoms with Gasteiger partial charge in [0.2, 0.25) is 5.88 Å². The van der Waals surface area contributed by atoms with E-state index in [-0.39, 0.29) is 0 Å². The molecule has 0 bridgehead atoms. The Bertz CT molecular complexity index is 1380. The normalized spacial score (nSPS) is 13.1. The van der Waals surface area contributed by atoms with E-state index in [1.165, 1.54) is 13.3 Å². The highest BCUT2D eigenvalue weighted by Gasteiger charge is 2.35. The average Bonchev–Trinajstić information content (AvgIpc) is 3.30. The Kier molecular flexibility index (Phi) is 6.96. The Labute approximate surface area is 205 Å². The lowest BCUT2D eigenvalue weighted by Gasteiger charge is -2.27. The smallest absolute Gasteiger partial charge is 0.321 e. The minimum Gasteiger partial charge on any atom is -0.484 e. The van der Waals surface area contributed by atoms with Crippen LogP contribution < -0.4 is 14.8 Å². The summed E-state index contributed by atoms with van der Waals surface area (Å²) in [5.41, 5.74) is 2.59. The van der Waals surface area contributed by atoms with Gasteiger partial charge in [0, 0.05) is 35.7 Å². The Morgan fingerprint density at radius 2 is 1.94 bits per heavy atom. The molecule has 2 aromatic heterocycles. The van der Waals surface area contributed by atoms with Crippen LogP contribution in [0.2, 0.25) is 0 Å². The number of aromatic nitrogens is 3. The van der Waals surface area contributed by atoms with Crippen LogP contribution in [0.4, 0.5) is 8.78 Å². The number of hydrogen-bond acceptors (Lipinski definition) is 6. The predicted molar refractivity (Wildman–Crippen MR) is 129 cm³/mol. The molecular formula is C26H24F2N4O4. The summed E-state index contributed by atoms with van der Waals surface area (Å²) in [7, 11) is 1.48. The van der Waals surface area contributed by atoms with Crippen molar-refractivity contribution in [3.8, 4) is 17.3 Å². The summed E-state index contributed by atoms with van der Waals surface area (Å²) in [5.74, 6) is -4.12. The lowest BCUT2D eigenvalue weighted by atomic mass is 10.0. The molecule has 0 aliphatic heterocycles. The number of ether oxygens (including phenoxy) is 2. The maximum Gasteiger partial charge on any atom is 0.321 e. The first-order valence-corrected chi connectivity index (χ1v) is 11.1. The van der Waals surface area contributed by atoms with Crippen molar-refractivity contribution in [3.63, 3.8) is 0 Å². The minimum absolute atomic E-state index is 0.377. The molecule has 10 heteroatoms. The van der Waals surface area contributed by atoms with E-state index in [1.54, 1.807) is 66.3 Å². The van der Waals surface area contributed by atoms with E-state index in [0.717, 1.165) is 22.9 Å². The standard InChI is InChI=1S/C26H24F2N4O4/c1-16(31-25(34)26(2,27)28)24(18-7-10-23(35-3)29-13-18)36-21-8-9-22-19(12-21)14-30-32(22)20-6-4-5-17(11-20)15-33/h4-16,24H,1-3H3,(H,31,34)/t16?,24-/m0/s1. The third-order valence-corrected chi connectivity index (χ3v) is 5.56. The first-order chi connectivity index (χ1) is 17.2. The van der Waals surface area contributed by atoms with Gasteiger partial charge < -0.3 is 14.8 Å². The lowest BCUT2D eigenvalue weighted by molar-refractivity contribution is -0.144. The highest BCUT2D eigenvalue weighted by molar-refractivity contribution is 5.83. The number of fused-ring (bicyclic) bond motifs is 1. The van der Waals surface area contributed by atoms with Crippen molar-refractivity contribution in [2.24, 2.45) is 0 Å². The van der Waals surface area contributed by atoms with Crippen molar-refractivity contribution < 1.29 is 27.8 Å². The van der Waals surface area contributed by atoms with Gasteiger partial charge in [-0.05, 0) is 43.3 Å². The number of carbonyl (C=O) groups excluding carboxylic acids is 2. The first-order valence-electron chi connectivity index (χ1n) is 11.1. The number of amides is 1. The number of pyridine rings is 1. The molecule has 4 rings (SSSR count). The molecular weight excluding hydrogens is 470 g/mol. The SMILES string of the molecule is COc1ccc([C@@H](Oc2ccc3c(cnn3-c3cccc(C=O)c3)c2)C(C)NC(=O)C(C)(F)F)cn1. The molecule has 0 aliphatic carbocycles. The Morgan fingerprint density at radius 1 is 1.14 bits per heavy atom. The summed E-state index contributed by atoms with van der Waals surface area (Å²) in [5, 5.41) is 7.50. The zero-order chi connectivity index (χ0) is 25.9. The van der Waals surface area contributed by atoms with Crippen LogP contribution >= 0.6 is 0 Å². The molecule has 4 aromatic rings. The zero-order valence-electron chi connectivity index (χ0n) is 19.8. The molecule has 1 N–H and O–H groups in total. The molecule has 0 aliphatic rings. The van der Waals surface area contributed by atoms with Crippen molar-refractivity contribution in [1.29, 1.82) is 0 Å². The number of halogens is 2. The van der Waals surface area contributed by atoms with Gasteiger partial charge in [-0.1, -0.05) is 12.1 Å². The largest absolute Gasteiger partial charge is 0.484 e. The number of carbonyl (C=O) groups is 2. The minimum atomic E-state index is -3.54. The number of alkyl halides is 2. The molecule has 0 saturated carbocycles. The topological polar surface area (TPSA) is 95.3 Å². The second-order valence-corrected chi connectivity index (χ2v) is 8.31. The molecule has 2 atom stereocenters. The van der Waals surface area contributed by atoms with E-state index in [9.17, 15) is 18.4 Å². The molecule has 1 amide bonds. The van der Waals surface area contributed by atoms with Gasteiger partial charge in [-0.15, -0.1) is 0 Å². The van der Waals surface area contributed by atoms with Crippen LogP contribution in [0.1, 0.15) is 35.9 Å². The summed E-state index contributed by atoms with van der Waals surface area (Å²) in [6.07, 6.45) is 3.10. The molecule has 0 spiro atoms. The summed E-state index contributed by atoms with van der Waals surface area (Å²) >= 11 is 0. The monoisotopic (exact) mass is 494 g/mol. The van der Waals surface area contributed by atoms with E-state index >= 15 is 0 Å². The molecule has 36 heavy (non-hydrogen) atoms. The van der Waals surface area contributed by atoms with Crippen LogP contribution in [0.15, 0.2) is 67.0 Å². The fourth-order valence-corrected chi connectivity index (χ4v) is 3.72. The van der Waals surface area contributed by atoms with Gasteiger partial charge in [-0.3, -0.25) is 9.59 Å².